The van der Waals surface area contributed by atoms with Gasteiger partial charge in [-0.2, -0.15) is 4.52 Å². The number of aromatic nitrogens is 5. The van der Waals surface area contributed by atoms with Gasteiger partial charge in [-0.3, -0.25) is 0 Å². The Morgan fingerprint density at radius 2 is 1.85 bits per heavy atom. The molecule has 0 bridgehead atoms. The molecular weight excluding hydrogens is 368 g/mol. The van der Waals surface area contributed by atoms with Crippen LogP contribution in [0.4, 0.5) is 5.82 Å². The van der Waals surface area contributed by atoms with E-state index in [1.165, 1.54) is 4.88 Å². The molecule has 132 valence electrons. The SMILES string of the molecule is Cc1nc(-c2ccc(Cl)cc2)sc1C(C)Nc1ccc2nnc(C)n2n1. The number of hydrogen-bond donors (Lipinski definition) is 1. The lowest BCUT2D eigenvalue weighted by Crippen LogP contribution is -2.09. The van der Waals surface area contributed by atoms with E-state index < -0.39 is 0 Å². The molecule has 0 saturated heterocycles. The zero-order chi connectivity index (χ0) is 18.3. The molecule has 26 heavy (non-hydrogen) atoms. The first-order valence-electron chi connectivity index (χ1n) is 8.20. The number of nitrogens with zero attached hydrogens (tertiary/aromatic N) is 5. The van der Waals surface area contributed by atoms with Gasteiger partial charge in [0, 0.05) is 15.5 Å². The Morgan fingerprint density at radius 3 is 2.62 bits per heavy atom. The molecule has 0 radical (unpaired) electrons. The van der Waals surface area contributed by atoms with Crippen LogP contribution < -0.4 is 5.32 Å². The summed E-state index contributed by atoms with van der Waals surface area (Å²) in [5.41, 5.74) is 2.82. The molecule has 4 aromatic rings. The number of nitrogens with one attached hydrogen (secondary N) is 1. The molecular formula is C18H17ClN6S. The van der Waals surface area contributed by atoms with E-state index in [0.29, 0.717) is 0 Å². The van der Waals surface area contributed by atoms with Gasteiger partial charge in [0.25, 0.3) is 0 Å². The molecule has 0 aliphatic carbocycles. The van der Waals surface area contributed by atoms with Gasteiger partial charge in [-0.05, 0) is 45.0 Å². The van der Waals surface area contributed by atoms with E-state index in [9.17, 15) is 0 Å². The van der Waals surface area contributed by atoms with Gasteiger partial charge in [0.1, 0.15) is 10.8 Å². The van der Waals surface area contributed by atoms with E-state index in [4.69, 9.17) is 16.6 Å². The maximum absolute atomic E-state index is 5.98. The smallest absolute Gasteiger partial charge is 0.178 e. The molecule has 0 amide bonds. The predicted octanol–water partition coefficient (Wildman–Crippen LogP) is 4.69. The molecule has 0 fully saturated rings. The number of benzene rings is 1. The van der Waals surface area contributed by atoms with Crippen molar-refractivity contribution in [1.82, 2.24) is 24.8 Å². The van der Waals surface area contributed by atoms with Gasteiger partial charge in [-0.1, -0.05) is 23.7 Å². The lowest BCUT2D eigenvalue weighted by atomic mass is 10.2. The van der Waals surface area contributed by atoms with Crippen LogP contribution in [0.3, 0.4) is 0 Å². The van der Waals surface area contributed by atoms with Crippen LogP contribution in [0, 0.1) is 13.8 Å². The Morgan fingerprint density at radius 1 is 1.08 bits per heavy atom. The number of halogens is 1. The summed E-state index contributed by atoms with van der Waals surface area (Å²) < 4.78 is 1.73. The zero-order valence-corrected chi connectivity index (χ0v) is 16.1. The summed E-state index contributed by atoms with van der Waals surface area (Å²) in [4.78, 5) is 5.90. The summed E-state index contributed by atoms with van der Waals surface area (Å²) in [5.74, 6) is 1.53. The first kappa shape index (κ1) is 16.9. The van der Waals surface area contributed by atoms with Gasteiger partial charge in [0.2, 0.25) is 0 Å². The molecule has 3 aromatic heterocycles. The van der Waals surface area contributed by atoms with Crippen molar-refractivity contribution in [3.63, 3.8) is 0 Å². The molecule has 0 aliphatic rings. The second-order valence-corrected chi connectivity index (χ2v) is 7.54. The third-order valence-corrected chi connectivity index (χ3v) is 5.74. The summed E-state index contributed by atoms with van der Waals surface area (Å²) >= 11 is 7.65. The number of anilines is 1. The topological polar surface area (TPSA) is 68.0 Å². The van der Waals surface area contributed by atoms with Crippen molar-refractivity contribution < 1.29 is 0 Å². The van der Waals surface area contributed by atoms with E-state index in [-0.39, 0.29) is 6.04 Å². The summed E-state index contributed by atoms with van der Waals surface area (Å²) in [6.07, 6.45) is 0. The minimum Gasteiger partial charge on any atom is -0.361 e. The van der Waals surface area contributed by atoms with Crippen LogP contribution in [-0.2, 0) is 0 Å². The van der Waals surface area contributed by atoms with Crippen LogP contribution in [0.2, 0.25) is 5.02 Å². The van der Waals surface area contributed by atoms with E-state index in [2.05, 4.69) is 27.5 Å². The highest BCUT2D eigenvalue weighted by Crippen LogP contribution is 2.33. The zero-order valence-electron chi connectivity index (χ0n) is 14.6. The van der Waals surface area contributed by atoms with E-state index in [1.54, 1.807) is 15.9 Å². The monoisotopic (exact) mass is 384 g/mol. The van der Waals surface area contributed by atoms with Gasteiger partial charge in [0.15, 0.2) is 11.5 Å². The minimum atomic E-state index is 0.0790. The Labute approximate surface area is 159 Å². The second-order valence-electron chi connectivity index (χ2n) is 6.08. The molecule has 3 heterocycles. The van der Waals surface area contributed by atoms with Crippen molar-refractivity contribution in [1.29, 1.82) is 0 Å². The summed E-state index contributed by atoms with van der Waals surface area (Å²) in [5, 5.41) is 17.8. The highest BCUT2D eigenvalue weighted by atomic mass is 35.5. The quantitative estimate of drug-likeness (QED) is 0.552. The highest BCUT2D eigenvalue weighted by Gasteiger charge is 2.16. The summed E-state index contributed by atoms with van der Waals surface area (Å²) in [6, 6.07) is 11.7. The van der Waals surface area contributed by atoms with Crippen LogP contribution in [0.5, 0.6) is 0 Å². The lowest BCUT2D eigenvalue weighted by molar-refractivity contribution is 0.832. The van der Waals surface area contributed by atoms with Crippen molar-refractivity contribution >= 4 is 34.4 Å². The lowest BCUT2D eigenvalue weighted by Gasteiger charge is -2.13. The summed E-state index contributed by atoms with van der Waals surface area (Å²) in [7, 11) is 0. The fourth-order valence-corrected chi connectivity index (χ4v) is 3.99. The Hall–Kier alpha value is -2.51. The maximum atomic E-state index is 5.98. The van der Waals surface area contributed by atoms with E-state index in [1.807, 2.05) is 50.2 Å². The van der Waals surface area contributed by atoms with Crippen molar-refractivity contribution in [2.24, 2.45) is 0 Å². The van der Waals surface area contributed by atoms with Gasteiger partial charge in [-0.25, -0.2) is 4.98 Å². The Balaban J connectivity index is 1.60. The van der Waals surface area contributed by atoms with Crippen LogP contribution in [0.25, 0.3) is 16.2 Å². The number of thiazole rings is 1. The van der Waals surface area contributed by atoms with Gasteiger partial charge < -0.3 is 5.32 Å². The summed E-state index contributed by atoms with van der Waals surface area (Å²) in [6.45, 7) is 6.02. The van der Waals surface area contributed by atoms with Crippen molar-refractivity contribution in [3.05, 3.63) is 57.8 Å². The first-order chi connectivity index (χ1) is 12.5. The van der Waals surface area contributed by atoms with Crippen molar-refractivity contribution in [2.45, 2.75) is 26.8 Å². The number of rotatable bonds is 4. The molecule has 0 spiro atoms. The Bertz CT molecular complexity index is 1070. The molecule has 0 saturated carbocycles. The molecule has 1 N–H and O–H groups in total. The van der Waals surface area contributed by atoms with E-state index in [0.717, 1.165) is 38.6 Å². The average molecular weight is 385 g/mol. The minimum absolute atomic E-state index is 0.0790. The van der Waals surface area contributed by atoms with Crippen LogP contribution in [0.1, 0.15) is 29.4 Å². The first-order valence-corrected chi connectivity index (χ1v) is 9.39. The normalized spacial score (nSPS) is 12.5. The van der Waals surface area contributed by atoms with E-state index >= 15 is 0 Å². The third kappa shape index (κ3) is 3.15. The van der Waals surface area contributed by atoms with Gasteiger partial charge in [0.05, 0.1) is 11.7 Å². The molecule has 4 rings (SSSR count). The third-order valence-electron chi connectivity index (χ3n) is 4.10. The molecule has 6 nitrogen and oxygen atoms in total. The fourth-order valence-electron chi connectivity index (χ4n) is 2.79. The predicted molar refractivity (Wildman–Crippen MR) is 105 cm³/mol. The number of fused-ring (bicyclic) bond motifs is 1. The van der Waals surface area contributed by atoms with Crippen molar-refractivity contribution in [2.75, 3.05) is 5.32 Å². The van der Waals surface area contributed by atoms with Crippen LogP contribution in [0.15, 0.2) is 36.4 Å². The molecule has 8 heteroatoms. The van der Waals surface area contributed by atoms with Gasteiger partial charge in [-0.15, -0.1) is 26.6 Å². The second kappa shape index (κ2) is 6.66. The largest absolute Gasteiger partial charge is 0.361 e. The number of hydrogen-bond acceptors (Lipinski definition) is 6. The van der Waals surface area contributed by atoms with Crippen LogP contribution >= 0.6 is 22.9 Å². The maximum Gasteiger partial charge on any atom is 0.178 e. The average Bonchev–Trinajstić information content (AvgIpc) is 3.19. The molecule has 1 unspecified atom stereocenters. The standard InChI is InChI=1S/C18H17ClN6S/c1-10(20-15-8-9-16-23-22-12(3)25(16)24-15)17-11(2)21-18(26-17)13-4-6-14(19)7-5-13/h4-10H,1-3H3,(H,20,24). The molecule has 1 atom stereocenters. The molecule has 0 aliphatic heterocycles. The molecule has 1 aromatic carbocycles. The fraction of sp³-hybridized carbons (Fsp3) is 0.222. The van der Waals surface area contributed by atoms with Gasteiger partial charge >= 0.3 is 0 Å². The van der Waals surface area contributed by atoms with Crippen LogP contribution in [-0.4, -0.2) is 24.8 Å². The van der Waals surface area contributed by atoms with Crippen molar-refractivity contribution in [3.8, 4) is 10.6 Å². The highest BCUT2D eigenvalue weighted by molar-refractivity contribution is 7.15. The number of aryl methyl sites for hydroxylation is 2. The Kier molecular flexibility index (Phi) is 4.34.